The van der Waals surface area contributed by atoms with Gasteiger partial charge in [-0.15, -0.1) is 0 Å². The maximum atomic E-state index is 6.11. The summed E-state index contributed by atoms with van der Waals surface area (Å²) in [7, 11) is 1.49. The minimum atomic E-state index is -0.443. The van der Waals surface area contributed by atoms with Crippen LogP contribution in [0.2, 0.25) is 0 Å². The highest BCUT2D eigenvalue weighted by Gasteiger charge is 2.51. The lowest BCUT2D eigenvalue weighted by Gasteiger charge is -2.32. The van der Waals surface area contributed by atoms with E-state index in [-0.39, 0.29) is 11.2 Å². The average molecular weight is 336 g/mol. The van der Waals surface area contributed by atoms with Gasteiger partial charge in [0.2, 0.25) is 0 Å². The van der Waals surface area contributed by atoms with Crippen molar-refractivity contribution < 1.29 is 9.31 Å². The fraction of sp³-hybridized carbons (Fsp3) is 0.389. The van der Waals surface area contributed by atoms with Crippen molar-refractivity contribution in [2.75, 3.05) is 0 Å². The number of rotatable bonds is 2. The second-order valence-corrected chi connectivity index (χ2v) is 7.50. The Morgan fingerprint density at radius 2 is 1.72 bits per heavy atom. The maximum absolute atomic E-state index is 6.11. The molecule has 3 aromatic rings. The zero-order valence-corrected chi connectivity index (χ0v) is 15.1. The molecule has 0 bridgehead atoms. The van der Waals surface area contributed by atoms with E-state index in [4.69, 9.17) is 9.31 Å². The van der Waals surface area contributed by atoms with Gasteiger partial charge in [-0.25, -0.2) is 0 Å². The smallest absolute Gasteiger partial charge is 0.399 e. The van der Waals surface area contributed by atoms with Gasteiger partial charge in [0.05, 0.1) is 28.6 Å². The molecule has 0 radical (unpaired) electrons. The third kappa shape index (κ3) is 2.64. The Labute approximate surface area is 147 Å². The molecule has 0 amide bonds. The lowest BCUT2D eigenvalue weighted by atomic mass is 9.80. The van der Waals surface area contributed by atoms with Crippen molar-refractivity contribution in [1.29, 1.82) is 0 Å². The van der Waals surface area contributed by atoms with Crippen molar-refractivity contribution in [2.45, 2.75) is 38.9 Å². The highest BCUT2D eigenvalue weighted by atomic mass is 16.7. The summed E-state index contributed by atoms with van der Waals surface area (Å²) in [5, 5.41) is 13.8. The molecule has 128 valence electrons. The molecule has 0 aliphatic carbocycles. The maximum Gasteiger partial charge on any atom is 0.496 e. The molecule has 1 aliphatic rings. The first kappa shape index (κ1) is 16.2. The number of nitrogens with zero attached hydrogens (tertiary/aromatic N) is 4. The summed E-state index contributed by atoms with van der Waals surface area (Å²) in [5.41, 5.74) is 2.98. The Morgan fingerprint density at radius 3 is 2.44 bits per heavy atom. The van der Waals surface area contributed by atoms with E-state index in [1.807, 2.05) is 63.8 Å². The van der Waals surface area contributed by atoms with Crippen LogP contribution < -0.4 is 5.46 Å². The van der Waals surface area contributed by atoms with Crippen LogP contribution in [0.3, 0.4) is 0 Å². The number of fused-ring (bicyclic) bond motifs is 1. The molecule has 7 heteroatoms. The standard InChI is InChI=1S/C18H21BN4O2/c1-17(2)18(3,4)25-19(24-17)14-9-15(22-20-11-14)12-6-7-16-13(8-12)10-21-23(16)5/h6-11H,1-5H3. The SMILES string of the molecule is Cn1ncc2cc(-c3cc(B4OC(C)(C)C(C)(C)O4)cnn3)ccc21. The lowest BCUT2D eigenvalue weighted by molar-refractivity contribution is 0.00578. The fourth-order valence-electron chi connectivity index (χ4n) is 2.95. The van der Waals surface area contributed by atoms with E-state index in [0.717, 1.165) is 27.6 Å². The van der Waals surface area contributed by atoms with Crippen molar-refractivity contribution >= 4 is 23.5 Å². The number of aryl methyl sites for hydroxylation is 1. The molecule has 1 aromatic carbocycles. The van der Waals surface area contributed by atoms with Gasteiger partial charge in [-0.05, 0) is 45.9 Å². The Bertz CT molecular complexity index is 935. The van der Waals surface area contributed by atoms with Gasteiger partial charge in [0, 0.05) is 29.7 Å². The lowest BCUT2D eigenvalue weighted by Crippen LogP contribution is -2.41. The van der Waals surface area contributed by atoms with Gasteiger partial charge in [-0.3, -0.25) is 4.68 Å². The monoisotopic (exact) mass is 336 g/mol. The van der Waals surface area contributed by atoms with Crippen molar-refractivity contribution in [3.63, 3.8) is 0 Å². The topological polar surface area (TPSA) is 62.1 Å². The van der Waals surface area contributed by atoms with Crippen LogP contribution in [0.4, 0.5) is 0 Å². The molecule has 3 heterocycles. The predicted octanol–water partition coefficient (Wildman–Crippen LogP) is 2.33. The molecular formula is C18H21BN4O2. The number of hydrogen-bond acceptors (Lipinski definition) is 5. The van der Waals surface area contributed by atoms with Crippen molar-refractivity contribution in [3.05, 3.63) is 36.7 Å². The number of benzene rings is 1. The molecule has 0 spiro atoms. The molecule has 1 saturated heterocycles. The first-order valence-corrected chi connectivity index (χ1v) is 8.37. The van der Waals surface area contributed by atoms with Crippen LogP contribution in [0.15, 0.2) is 36.7 Å². The van der Waals surface area contributed by atoms with E-state index >= 15 is 0 Å². The molecule has 0 unspecified atom stereocenters. The summed E-state index contributed by atoms with van der Waals surface area (Å²) in [6.45, 7) is 8.16. The molecule has 0 N–H and O–H groups in total. The molecular weight excluding hydrogens is 315 g/mol. The summed E-state index contributed by atoms with van der Waals surface area (Å²) in [4.78, 5) is 0. The van der Waals surface area contributed by atoms with Crippen LogP contribution in [0.25, 0.3) is 22.2 Å². The van der Waals surface area contributed by atoms with Gasteiger partial charge in [-0.2, -0.15) is 15.3 Å². The molecule has 0 atom stereocenters. The molecule has 1 aliphatic heterocycles. The quantitative estimate of drug-likeness (QED) is 0.672. The average Bonchev–Trinajstić information content (AvgIpc) is 3.04. The van der Waals surface area contributed by atoms with Gasteiger partial charge < -0.3 is 9.31 Å². The van der Waals surface area contributed by atoms with Gasteiger partial charge in [-0.1, -0.05) is 6.07 Å². The zero-order valence-electron chi connectivity index (χ0n) is 15.1. The third-order valence-corrected chi connectivity index (χ3v) is 5.24. The fourth-order valence-corrected chi connectivity index (χ4v) is 2.95. The van der Waals surface area contributed by atoms with E-state index in [2.05, 4.69) is 21.4 Å². The van der Waals surface area contributed by atoms with Gasteiger partial charge in [0.1, 0.15) is 0 Å². The molecule has 4 rings (SSSR count). The van der Waals surface area contributed by atoms with Crippen molar-refractivity contribution in [2.24, 2.45) is 7.05 Å². The van der Waals surface area contributed by atoms with E-state index < -0.39 is 7.12 Å². The van der Waals surface area contributed by atoms with Gasteiger partial charge >= 0.3 is 7.12 Å². The highest BCUT2D eigenvalue weighted by Crippen LogP contribution is 2.36. The van der Waals surface area contributed by atoms with Crippen LogP contribution in [-0.2, 0) is 16.4 Å². The van der Waals surface area contributed by atoms with E-state index in [0.29, 0.717) is 0 Å². The third-order valence-electron chi connectivity index (χ3n) is 5.24. The Morgan fingerprint density at radius 1 is 1.00 bits per heavy atom. The van der Waals surface area contributed by atoms with Crippen LogP contribution in [0.1, 0.15) is 27.7 Å². The van der Waals surface area contributed by atoms with Crippen LogP contribution in [0.5, 0.6) is 0 Å². The Kier molecular flexibility index (Phi) is 3.49. The number of hydrogen-bond donors (Lipinski definition) is 0. The minimum absolute atomic E-state index is 0.379. The molecule has 25 heavy (non-hydrogen) atoms. The van der Waals surface area contributed by atoms with E-state index in [9.17, 15) is 0 Å². The van der Waals surface area contributed by atoms with Crippen LogP contribution >= 0.6 is 0 Å². The second-order valence-electron chi connectivity index (χ2n) is 7.50. The van der Waals surface area contributed by atoms with Crippen molar-refractivity contribution in [3.8, 4) is 11.3 Å². The van der Waals surface area contributed by atoms with E-state index in [1.165, 1.54) is 0 Å². The predicted molar refractivity (Wildman–Crippen MR) is 97.5 cm³/mol. The molecule has 6 nitrogen and oxygen atoms in total. The van der Waals surface area contributed by atoms with Gasteiger partial charge in [0.25, 0.3) is 0 Å². The van der Waals surface area contributed by atoms with Crippen LogP contribution in [-0.4, -0.2) is 38.3 Å². The highest BCUT2D eigenvalue weighted by molar-refractivity contribution is 6.62. The zero-order chi connectivity index (χ0) is 17.8. The Balaban J connectivity index is 1.69. The first-order chi connectivity index (χ1) is 11.8. The van der Waals surface area contributed by atoms with E-state index in [1.54, 1.807) is 6.20 Å². The first-order valence-electron chi connectivity index (χ1n) is 8.37. The summed E-state index contributed by atoms with van der Waals surface area (Å²) < 4.78 is 14.1. The summed E-state index contributed by atoms with van der Waals surface area (Å²) >= 11 is 0. The second kappa shape index (κ2) is 5.38. The molecule has 2 aromatic heterocycles. The Hall–Kier alpha value is -2.25. The summed E-state index contributed by atoms with van der Waals surface area (Å²) in [5.74, 6) is 0. The minimum Gasteiger partial charge on any atom is -0.399 e. The summed E-state index contributed by atoms with van der Waals surface area (Å²) in [6.07, 6.45) is 3.55. The normalized spacial score (nSPS) is 18.8. The summed E-state index contributed by atoms with van der Waals surface area (Å²) in [6, 6.07) is 8.12. The largest absolute Gasteiger partial charge is 0.496 e. The molecule has 1 fully saturated rings. The van der Waals surface area contributed by atoms with Crippen molar-refractivity contribution in [1.82, 2.24) is 20.0 Å². The molecule has 0 saturated carbocycles. The van der Waals surface area contributed by atoms with Crippen LogP contribution in [0, 0.1) is 0 Å². The number of aromatic nitrogens is 4. The van der Waals surface area contributed by atoms with Gasteiger partial charge in [0.15, 0.2) is 0 Å².